The molecule has 0 radical (unpaired) electrons. The van der Waals surface area contributed by atoms with Gasteiger partial charge in [0.25, 0.3) is 0 Å². The van der Waals surface area contributed by atoms with Crippen LogP contribution in [0.4, 0.5) is 0 Å². The van der Waals surface area contributed by atoms with Gasteiger partial charge in [-0.2, -0.15) is 5.10 Å². The zero-order valence-corrected chi connectivity index (χ0v) is 10.0. The van der Waals surface area contributed by atoms with Crippen molar-refractivity contribution in [3.8, 4) is 0 Å². The molecular formula is C12H17N3O2. The minimum Gasteiger partial charge on any atom is -0.461 e. The van der Waals surface area contributed by atoms with Gasteiger partial charge in [0.2, 0.25) is 0 Å². The van der Waals surface area contributed by atoms with E-state index >= 15 is 0 Å². The Bertz CT molecular complexity index is 437. The molecule has 2 heterocycles. The maximum absolute atomic E-state index is 11.8. The van der Waals surface area contributed by atoms with Gasteiger partial charge in [0.05, 0.1) is 13.2 Å². The highest BCUT2D eigenvalue weighted by atomic mass is 16.5. The van der Waals surface area contributed by atoms with Crippen molar-refractivity contribution in [1.82, 2.24) is 15.1 Å². The van der Waals surface area contributed by atoms with Gasteiger partial charge in [-0.3, -0.25) is 4.68 Å². The second-order valence-corrected chi connectivity index (χ2v) is 3.89. The van der Waals surface area contributed by atoms with E-state index in [0.717, 1.165) is 24.2 Å². The Kier molecular flexibility index (Phi) is 3.58. The summed E-state index contributed by atoms with van der Waals surface area (Å²) in [6.45, 7) is 8.09. The first kappa shape index (κ1) is 11.9. The van der Waals surface area contributed by atoms with Gasteiger partial charge < -0.3 is 10.1 Å². The number of carbonyl (C=O) groups excluding carboxylic acids is 1. The molecule has 5 heteroatoms. The Morgan fingerprint density at radius 1 is 1.71 bits per heavy atom. The van der Waals surface area contributed by atoms with Crippen LogP contribution in [0.3, 0.4) is 0 Å². The Labute approximate surface area is 100 Å². The number of ether oxygens (including phenoxy) is 1. The summed E-state index contributed by atoms with van der Waals surface area (Å²) < 4.78 is 6.86. The normalized spacial score (nSPS) is 14.2. The Morgan fingerprint density at radius 2 is 2.53 bits per heavy atom. The number of esters is 1. The minimum absolute atomic E-state index is 0.338. The second kappa shape index (κ2) is 5.14. The quantitative estimate of drug-likeness (QED) is 0.622. The van der Waals surface area contributed by atoms with E-state index in [0.29, 0.717) is 25.4 Å². The average molecular weight is 235 g/mol. The summed E-state index contributed by atoms with van der Waals surface area (Å²) >= 11 is 0. The molecule has 1 aliphatic heterocycles. The lowest BCUT2D eigenvalue weighted by Gasteiger charge is -2.14. The zero-order chi connectivity index (χ0) is 12.3. The van der Waals surface area contributed by atoms with Crippen molar-refractivity contribution in [2.24, 2.45) is 0 Å². The van der Waals surface area contributed by atoms with Crippen molar-refractivity contribution in [3.05, 3.63) is 29.6 Å². The van der Waals surface area contributed by atoms with Crippen molar-refractivity contribution >= 4 is 5.97 Å². The Balaban J connectivity index is 2.38. The number of fused-ring (bicyclic) bond motifs is 1. The zero-order valence-electron chi connectivity index (χ0n) is 10.0. The van der Waals surface area contributed by atoms with Crippen molar-refractivity contribution in [3.63, 3.8) is 0 Å². The van der Waals surface area contributed by atoms with Gasteiger partial charge in [-0.25, -0.2) is 4.79 Å². The molecule has 0 amide bonds. The number of hydrogen-bond acceptors (Lipinski definition) is 4. The van der Waals surface area contributed by atoms with E-state index in [9.17, 15) is 4.79 Å². The molecule has 17 heavy (non-hydrogen) atoms. The first-order valence-electron chi connectivity index (χ1n) is 5.85. The largest absolute Gasteiger partial charge is 0.461 e. The molecule has 0 aliphatic carbocycles. The third-order valence-electron chi connectivity index (χ3n) is 2.78. The maximum Gasteiger partial charge on any atom is 0.359 e. The van der Waals surface area contributed by atoms with Gasteiger partial charge in [0.1, 0.15) is 0 Å². The molecule has 0 unspecified atom stereocenters. The fourth-order valence-electron chi connectivity index (χ4n) is 2.06. The SMILES string of the molecule is C=CCn1nc(C(=O)OCC)c2c1CCNC2. The second-order valence-electron chi connectivity index (χ2n) is 3.89. The number of allylic oxidation sites excluding steroid dienone is 1. The highest BCUT2D eigenvalue weighted by Crippen LogP contribution is 2.19. The molecule has 0 bridgehead atoms. The predicted octanol–water partition coefficient (Wildman–Crippen LogP) is 0.891. The highest BCUT2D eigenvalue weighted by molar-refractivity contribution is 5.89. The van der Waals surface area contributed by atoms with Crippen LogP contribution in [0.2, 0.25) is 0 Å². The molecule has 1 aliphatic rings. The van der Waals surface area contributed by atoms with Crippen LogP contribution >= 0.6 is 0 Å². The molecule has 0 saturated heterocycles. The van der Waals surface area contributed by atoms with Crippen LogP contribution in [0.15, 0.2) is 12.7 Å². The maximum atomic E-state index is 11.8. The summed E-state index contributed by atoms with van der Waals surface area (Å²) in [5.74, 6) is -0.338. The van der Waals surface area contributed by atoms with E-state index in [1.807, 2.05) is 4.68 Å². The van der Waals surface area contributed by atoms with Crippen LogP contribution in [0.25, 0.3) is 0 Å². The number of nitrogens with one attached hydrogen (secondary N) is 1. The van der Waals surface area contributed by atoms with Crippen LogP contribution in [-0.2, 0) is 24.2 Å². The minimum atomic E-state index is -0.338. The van der Waals surface area contributed by atoms with Crippen molar-refractivity contribution in [1.29, 1.82) is 0 Å². The summed E-state index contributed by atoms with van der Waals surface area (Å²) in [6, 6.07) is 0. The Hall–Kier alpha value is -1.62. The van der Waals surface area contributed by atoms with Crippen molar-refractivity contribution in [2.75, 3.05) is 13.2 Å². The predicted molar refractivity (Wildman–Crippen MR) is 63.8 cm³/mol. The monoisotopic (exact) mass is 235 g/mol. The molecule has 1 aromatic heterocycles. The van der Waals surface area contributed by atoms with Gasteiger partial charge in [-0.15, -0.1) is 6.58 Å². The summed E-state index contributed by atoms with van der Waals surface area (Å²) in [5.41, 5.74) is 2.53. The van der Waals surface area contributed by atoms with Crippen LogP contribution < -0.4 is 5.32 Å². The van der Waals surface area contributed by atoms with E-state index in [-0.39, 0.29) is 5.97 Å². The van der Waals surface area contributed by atoms with E-state index < -0.39 is 0 Å². The van der Waals surface area contributed by atoms with Gasteiger partial charge in [-0.1, -0.05) is 6.08 Å². The lowest BCUT2D eigenvalue weighted by atomic mass is 10.1. The molecule has 0 saturated carbocycles. The lowest BCUT2D eigenvalue weighted by molar-refractivity contribution is 0.0517. The van der Waals surface area contributed by atoms with Gasteiger partial charge in [0.15, 0.2) is 5.69 Å². The number of hydrogen-bond donors (Lipinski definition) is 1. The molecule has 0 atom stereocenters. The highest BCUT2D eigenvalue weighted by Gasteiger charge is 2.24. The van der Waals surface area contributed by atoms with Crippen molar-refractivity contribution in [2.45, 2.75) is 26.4 Å². The Morgan fingerprint density at radius 3 is 3.24 bits per heavy atom. The van der Waals surface area contributed by atoms with Gasteiger partial charge in [-0.05, 0) is 6.92 Å². The summed E-state index contributed by atoms with van der Waals surface area (Å²) in [5, 5.41) is 7.58. The van der Waals surface area contributed by atoms with Gasteiger partial charge >= 0.3 is 5.97 Å². The molecule has 2 rings (SSSR count). The van der Waals surface area contributed by atoms with Gasteiger partial charge in [0, 0.05) is 30.8 Å². The standard InChI is InChI=1S/C12H17N3O2/c1-3-7-15-10-5-6-13-8-9(10)11(14-15)12(16)17-4-2/h3,13H,1,4-8H2,2H3. The molecule has 1 N–H and O–H groups in total. The van der Waals surface area contributed by atoms with E-state index in [1.54, 1.807) is 13.0 Å². The average Bonchev–Trinajstić information content (AvgIpc) is 2.70. The number of aromatic nitrogens is 2. The van der Waals surface area contributed by atoms with Crippen LogP contribution in [0.1, 0.15) is 28.7 Å². The third-order valence-corrected chi connectivity index (χ3v) is 2.78. The molecule has 0 aromatic carbocycles. The first-order chi connectivity index (χ1) is 8.27. The fourth-order valence-corrected chi connectivity index (χ4v) is 2.06. The molecule has 5 nitrogen and oxygen atoms in total. The van der Waals surface area contributed by atoms with E-state index in [4.69, 9.17) is 4.74 Å². The van der Waals surface area contributed by atoms with Crippen LogP contribution in [0, 0.1) is 0 Å². The smallest absolute Gasteiger partial charge is 0.359 e. The molecule has 1 aromatic rings. The first-order valence-corrected chi connectivity index (χ1v) is 5.85. The summed E-state index contributed by atoms with van der Waals surface area (Å²) in [4.78, 5) is 11.8. The van der Waals surface area contributed by atoms with Crippen molar-refractivity contribution < 1.29 is 9.53 Å². The fraction of sp³-hybridized carbons (Fsp3) is 0.500. The molecule has 0 fully saturated rings. The summed E-state index contributed by atoms with van der Waals surface area (Å²) in [7, 11) is 0. The topological polar surface area (TPSA) is 56.2 Å². The van der Waals surface area contributed by atoms with E-state index in [1.165, 1.54) is 0 Å². The number of rotatable bonds is 4. The molecule has 0 spiro atoms. The molecule has 92 valence electrons. The van der Waals surface area contributed by atoms with Crippen LogP contribution in [0.5, 0.6) is 0 Å². The number of nitrogens with zero attached hydrogens (tertiary/aromatic N) is 2. The summed E-state index contributed by atoms with van der Waals surface area (Å²) in [6.07, 6.45) is 2.67. The van der Waals surface area contributed by atoms with E-state index in [2.05, 4.69) is 17.0 Å². The third kappa shape index (κ3) is 2.24. The number of carbonyl (C=O) groups is 1. The molecular weight excluding hydrogens is 218 g/mol. The lowest BCUT2D eigenvalue weighted by Crippen LogP contribution is -2.25. The van der Waals surface area contributed by atoms with Crippen LogP contribution in [-0.4, -0.2) is 28.9 Å².